The first kappa shape index (κ1) is 8.49. The van der Waals surface area contributed by atoms with Gasteiger partial charge in [-0.1, -0.05) is 0 Å². The summed E-state index contributed by atoms with van der Waals surface area (Å²) in [5.41, 5.74) is 0. The second-order valence-electron chi connectivity index (χ2n) is 2.74. The second-order valence-corrected chi connectivity index (χ2v) is 2.74. The summed E-state index contributed by atoms with van der Waals surface area (Å²) in [5, 5.41) is 2.96. The summed E-state index contributed by atoms with van der Waals surface area (Å²) in [5.74, 6) is -1.00. The molecule has 0 saturated carbocycles. The Hall–Kier alpha value is -0.610. The van der Waals surface area contributed by atoms with E-state index in [2.05, 4.69) is 5.32 Å². The zero-order valence-corrected chi connectivity index (χ0v) is 7.01. The number of esters is 1. The van der Waals surface area contributed by atoms with Crippen LogP contribution in [-0.2, 0) is 14.3 Å². The van der Waals surface area contributed by atoms with E-state index in [1.165, 1.54) is 7.11 Å². The lowest BCUT2D eigenvalue weighted by Crippen LogP contribution is -2.45. The maximum atomic E-state index is 10.8. The molecule has 0 amide bonds. The van der Waals surface area contributed by atoms with Crippen LogP contribution in [0.1, 0.15) is 13.3 Å². The van der Waals surface area contributed by atoms with Gasteiger partial charge in [-0.2, -0.15) is 0 Å². The summed E-state index contributed by atoms with van der Waals surface area (Å²) in [6, 6.07) is -0.0417. The maximum Gasteiger partial charge on any atom is 0.310 e. The number of rotatable bonds is 2. The summed E-state index contributed by atoms with van der Waals surface area (Å²) < 4.78 is 10.0. The fraction of sp³-hybridized carbons (Fsp3) is 0.857. The number of carbonyl (C=O) groups excluding carboxylic acids is 1. The van der Waals surface area contributed by atoms with Crippen molar-refractivity contribution in [1.29, 1.82) is 0 Å². The lowest BCUT2D eigenvalue weighted by molar-refractivity contribution is -0.198. The minimum absolute atomic E-state index is 0.0417. The van der Waals surface area contributed by atoms with Gasteiger partial charge in [0.25, 0.3) is 0 Å². The molecule has 0 aliphatic carbocycles. The molecular weight excluding hydrogens is 146 g/mol. The Morgan fingerprint density at radius 2 is 2.45 bits per heavy atom. The van der Waals surface area contributed by atoms with Gasteiger partial charge in [0.05, 0.1) is 12.5 Å². The Labute approximate surface area is 65.9 Å². The smallest absolute Gasteiger partial charge is 0.310 e. The molecule has 0 bridgehead atoms. The number of hydrogen-bond acceptors (Lipinski definition) is 4. The van der Waals surface area contributed by atoms with Crippen LogP contribution in [0, 0.1) is 0 Å². The van der Waals surface area contributed by atoms with Gasteiger partial charge in [0.15, 0.2) is 0 Å². The molecule has 4 nitrogen and oxygen atoms in total. The minimum Gasteiger partial charge on any atom is -0.432 e. The van der Waals surface area contributed by atoms with Crippen molar-refractivity contribution in [2.75, 3.05) is 14.2 Å². The number of hydrogen-bond donors (Lipinski definition) is 1. The molecular formula is C7H13NO3. The zero-order chi connectivity index (χ0) is 8.48. The number of methoxy groups -OCH3 is 1. The SMILES string of the molecule is CNC1CC(=O)OC1(C)OC. The van der Waals surface area contributed by atoms with Crippen LogP contribution in [0.4, 0.5) is 0 Å². The van der Waals surface area contributed by atoms with Crippen LogP contribution in [0.3, 0.4) is 0 Å². The first-order valence-corrected chi connectivity index (χ1v) is 3.56. The molecule has 2 atom stereocenters. The number of likely N-dealkylation sites (N-methyl/N-ethyl adjacent to an activating group) is 1. The van der Waals surface area contributed by atoms with Gasteiger partial charge >= 0.3 is 5.97 Å². The number of cyclic esters (lactones) is 1. The van der Waals surface area contributed by atoms with Gasteiger partial charge < -0.3 is 14.8 Å². The van der Waals surface area contributed by atoms with Crippen molar-refractivity contribution in [1.82, 2.24) is 5.32 Å². The molecule has 64 valence electrons. The summed E-state index contributed by atoms with van der Waals surface area (Å²) in [6.45, 7) is 1.75. The van der Waals surface area contributed by atoms with Gasteiger partial charge in [-0.25, -0.2) is 0 Å². The molecule has 1 rings (SSSR count). The Morgan fingerprint density at radius 1 is 1.82 bits per heavy atom. The van der Waals surface area contributed by atoms with Crippen LogP contribution in [-0.4, -0.2) is 32.0 Å². The highest BCUT2D eigenvalue weighted by atomic mass is 16.7. The molecule has 0 radical (unpaired) electrons. The van der Waals surface area contributed by atoms with E-state index < -0.39 is 5.79 Å². The first-order valence-electron chi connectivity index (χ1n) is 3.56. The van der Waals surface area contributed by atoms with Gasteiger partial charge in [-0.05, 0) is 7.05 Å². The van der Waals surface area contributed by atoms with E-state index in [0.29, 0.717) is 6.42 Å². The fourth-order valence-electron chi connectivity index (χ4n) is 1.24. The Kier molecular flexibility index (Phi) is 2.15. The summed E-state index contributed by atoms with van der Waals surface area (Å²) in [7, 11) is 3.31. The van der Waals surface area contributed by atoms with E-state index in [-0.39, 0.29) is 12.0 Å². The summed E-state index contributed by atoms with van der Waals surface area (Å²) >= 11 is 0. The third-order valence-electron chi connectivity index (χ3n) is 2.07. The predicted molar refractivity (Wildman–Crippen MR) is 39.0 cm³/mol. The van der Waals surface area contributed by atoms with E-state index in [0.717, 1.165) is 0 Å². The van der Waals surface area contributed by atoms with Gasteiger partial charge in [-0.3, -0.25) is 4.79 Å². The van der Waals surface area contributed by atoms with Crippen LogP contribution < -0.4 is 5.32 Å². The Bertz CT molecular complexity index is 171. The number of nitrogens with one attached hydrogen (secondary N) is 1. The molecule has 1 heterocycles. The molecule has 4 heteroatoms. The average Bonchev–Trinajstić information content (AvgIpc) is 2.27. The third-order valence-corrected chi connectivity index (χ3v) is 2.07. The van der Waals surface area contributed by atoms with Crippen LogP contribution in [0.15, 0.2) is 0 Å². The lowest BCUT2D eigenvalue weighted by atomic mass is 10.1. The van der Waals surface area contributed by atoms with Crippen molar-refractivity contribution in [2.24, 2.45) is 0 Å². The monoisotopic (exact) mass is 159 g/mol. The normalized spacial score (nSPS) is 37.4. The van der Waals surface area contributed by atoms with Crippen molar-refractivity contribution >= 4 is 5.97 Å². The highest BCUT2D eigenvalue weighted by Gasteiger charge is 2.45. The predicted octanol–water partition coefficient (Wildman–Crippen LogP) is -0.116. The topological polar surface area (TPSA) is 47.6 Å². The largest absolute Gasteiger partial charge is 0.432 e. The molecule has 0 aromatic rings. The quantitative estimate of drug-likeness (QED) is 0.571. The average molecular weight is 159 g/mol. The van der Waals surface area contributed by atoms with Gasteiger partial charge in [0.2, 0.25) is 5.79 Å². The van der Waals surface area contributed by atoms with Crippen molar-refractivity contribution in [3.8, 4) is 0 Å². The molecule has 0 aromatic carbocycles. The molecule has 1 fully saturated rings. The summed E-state index contributed by atoms with van der Waals surface area (Å²) in [4.78, 5) is 10.8. The van der Waals surface area contributed by atoms with Crippen molar-refractivity contribution in [3.05, 3.63) is 0 Å². The van der Waals surface area contributed by atoms with E-state index >= 15 is 0 Å². The van der Waals surface area contributed by atoms with Crippen molar-refractivity contribution < 1.29 is 14.3 Å². The molecule has 1 N–H and O–H groups in total. The van der Waals surface area contributed by atoms with Crippen LogP contribution in [0.25, 0.3) is 0 Å². The highest BCUT2D eigenvalue weighted by molar-refractivity contribution is 5.73. The molecule has 2 unspecified atom stereocenters. The first-order chi connectivity index (χ1) is 5.12. The number of carbonyl (C=O) groups is 1. The van der Waals surface area contributed by atoms with E-state index in [9.17, 15) is 4.79 Å². The van der Waals surface area contributed by atoms with Crippen LogP contribution in [0.2, 0.25) is 0 Å². The standard InChI is InChI=1S/C7H13NO3/c1-7(10-3)5(8-2)4-6(9)11-7/h5,8H,4H2,1-3H3. The lowest BCUT2D eigenvalue weighted by Gasteiger charge is -2.26. The summed E-state index contributed by atoms with van der Waals surface area (Å²) in [6.07, 6.45) is 0.376. The number of ether oxygens (including phenoxy) is 2. The van der Waals surface area contributed by atoms with E-state index in [1.54, 1.807) is 14.0 Å². The van der Waals surface area contributed by atoms with E-state index in [4.69, 9.17) is 9.47 Å². The van der Waals surface area contributed by atoms with E-state index in [1.807, 2.05) is 0 Å². The Morgan fingerprint density at radius 3 is 2.82 bits per heavy atom. The van der Waals surface area contributed by atoms with Crippen molar-refractivity contribution in [2.45, 2.75) is 25.2 Å². The molecule has 1 saturated heterocycles. The highest BCUT2D eigenvalue weighted by Crippen LogP contribution is 2.26. The van der Waals surface area contributed by atoms with Gasteiger partial charge in [0.1, 0.15) is 0 Å². The minimum atomic E-state index is -0.786. The molecule has 1 aliphatic heterocycles. The maximum absolute atomic E-state index is 10.8. The van der Waals surface area contributed by atoms with Crippen LogP contribution >= 0.6 is 0 Å². The zero-order valence-electron chi connectivity index (χ0n) is 7.01. The third kappa shape index (κ3) is 1.36. The fourth-order valence-corrected chi connectivity index (χ4v) is 1.24. The Balaban J connectivity index is 2.71. The van der Waals surface area contributed by atoms with Gasteiger partial charge in [0, 0.05) is 14.0 Å². The van der Waals surface area contributed by atoms with Crippen LogP contribution in [0.5, 0.6) is 0 Å². The second kappa shape index (κ2) is 2.79. The van der Waals surface area contributed by atoms with Gasteiger partial charge in [-0.15, -0.1) is 0 Å². The molecule has 11 heavy (non-hydrogen) atoms. The molecule has 0 spiro atoms. The molecule has 0 aromatic heterocycles. The van der Waals surface area contributed by atoms with Crippen molar-refractivity contribution in [3.63, 3.8) is 0 Å². The molecule has 1 aliphatic rings.